The molecule has 0 aliphatic rings. The fraction of sp³-hybridized carbons (Fsp3) is 0.190. The van der Waals surface area contributed by atoms with Crippen LogP contribution in [0.1, 0.15) is 17.3 Å². The number of rotatable bonds is 9. The van der Waals surface area contributed by atoms with Crippen molar-refractivity contribution in [2.24, 2.45) is 0 Å². The topological polar surface area (TPSA) is 110 Å². The highest BCUT2D eigenvalue weighted by molar-refractivity contribution is 8.01. The van der Waals surface area contributed by atoms with E-state index in [4.69, 9.17) is 4.74 Å². The number of hydrogen-bond acceptors (Lipinski definition) is 8. The molecule has 1 heterocycles. The maximum Gasteiger partial charge on any atom is 0.316 e. The molecule has 2 N–H and O–H groups in total. The van der Waals surface area contributed by atoms with Crippen molar-refractivity contribution >= 4 is 46.0 Å². The van der Waals surface area contributed by atoms with Gasteiger partial charge < -0.3 is 10.1 Å². The molecule has 0 bridgehead atoms. The number of hydrogen-bond donors (Lipinski definition) is 2. The van der Waals surface area contributed by atoms with Crippen LogP contribution in [0.25, 0.3) is 11.1 Å². The zero-order valence-electron chi connectivity index (χ0n) is 16.7. The molecule has 0 saturated carbocycles. The minimum absolute atomic E-state index is 0.121. The Balaban J connectivity index is 1.45. The zero-order chi connectivity index (χ0) is 22.1. The smallest absolute Gasteiger partial charge is 0.316 e. The zero-order valence-corrected chi connectivity index (χ0v) is 18.3. The van der Waals surface area contributed by atoms with Gasteiger partial charge in [-0.2, -0.15) is 0 Å². The standard InChI is InChI=1S/C21H20N4O4S2/c1-2-29-18(27)13-30-21-25-24-20(31-21)23-17(26)12-22-19(28)16-10-8-15(9-11-16)14-6-4-3-5-7-14/h3-11H,2,12-13H2,1H3,(H,22,28)(H,23,24,26). The van der Waals surface area contributed by atoms with E-state index in [1.807, 2.05) is 42.5 Å². The van der Waals surface area contributed by atoms with E-state index in [1.54, 1.807) is 19.1 Å². The lowest BCUT2D eigenvalue weighted by Crippen LogP contribution is -2.32. The molecule has 0 saturated heterocycles. The second kappa shape index (κ2) is 11.2. The van der Waals surface area contributed by atoms with Crippen molar-refractivity contribution in [2.75, 3.05) is 24.2 Å². The van der Waals surface area contributed by atoms with Crippen LogP contribution in [0.4, 0.5) is 5.13 Å². The predicted molar refractivity (Wildman–Crippen MR) is 120 cm³/mol. The SMILES string of the molecule is CCOC(=O)CSc1nnc(NC(=O)CNC(=O)c2ccc(-c3ccccc3)cc2)s1. The number of ether oxygens (including phenoxy) is 1. The Morgan fingerprint density at radius 3 is 2.42 bits per heavy atom. The van der Waals surface area contributed by atoms with Crippen molar-refractivity contribution < 1.29 is 19.1 Å². The van der Waals surface area contributed by atoms with E-state index in [9.17, 15) is 14.4 Å². The summed E-state index contributed by atoms with van der Waals surface area (Å²) < 4.78 is 5.37. The average Bonchev–Trinajstić information content (AvgIpc) is 3.24. The van der Waals surface area contributed by atoms with Gasteiger partial charge in [0.1, 0.15) is 0 Å². The van der Waals surface area contributed by atoms with E-state index in [0.717, 1.165) is 22.5 Å². The third-order valence-corrected chi connectivity index (χ3v) is 5.88. The molecular weight excluding hydrogens is 436 g/mol. The second-order valence-corrected chi connectivity index (χ2v) is 8.34. The molecule has 0 atom stereocenters. The molecule has 0 fully saturated rings. The number of thioether (sulfide) groups is 1. The van der Waals surface area contributed by atoms with E-state index in [-0.39, 0.29) is 29.3 Å². The van der Waals surface area contributed by atoms with Crippen molar-refractivity contribution in [3.63, 3.8) is 0 Å². The Bertz CT molecular complexity index is 1040. The van der Waals surface area contributed by atoms with Crippen LogP contribution >= 0.6 is 23.1 Å². The van der Waals surface area contributed by atoms with E-state index in [2.05, 4.69) is 20.8 Å². The van der Waals surface area contributed by atoms with Crippen molar-refractivity contribution in [3.8, 4) is 11.1 Å². The van der Waals surface area contributed by atoms with Crippen molar-refractivity contribution in [2.45, 2.75) is 11.3 Å². The summed E-state index contributed by atoms with van der Waals surface area (Å²) >= 11 is 2.32. The first-order valence-corrected chi connectivity index (χ1v) is 11.2. The molecule has 160 valence electrons. The summed E-state index contributed by atoms with van der Waals surface area (Å²) in [6.07, 6.45) is 0. The Labute approximate surface area is 187 Å². The van der Waals surface area contributed by atoms with Gasteiger partial charge in [0.25, 0.3) is 5.91 Å². The van der Waals surface area contributed by atoms with Gasteiger partial charge in [0, 0.05) is 5.56 Å². The van der Waals surface area contributed by atoms with Gasteiger partial charge in [-0.3, -0.25) is 19.7 Å². The Morgan fingerprint density at radius 2 is 1.71 bits per heavy atom. The lowest BCUT2D eigenvalue weighted by molar-refractivity contribution is -0.139. The summed E-state index contributed by atoms with van der Waals surface area (Å²) in [5.74, 6) is -0.993. The average molecular weight is 457 g/mol. The second-order valence-electron chi connectivity index (χ2n) is 6.14. The summed E-state index contributed by atoms with van der Waals surface area (Å²) in [6.45, 7) is 1.85. The number of benzene rings is 2. The highest BCUT2D eigenvalue weighted by Gasteiger charge is 2.12. The Morgan fingerprint density at radius 1 is 1.00 bits per heavy atom. The van der Waals surface area contributed by atoms with Crippen LogP contribution < -0.4 is 10.6 Å². The van der Waals surface area contributed by atoms with Crippen LogP contribution in [-0.2, 0) is 14.3 Å². The minimum atomic E-state index is -0.424. The molecule has 10 heteroatoms. The highest BCUT2D eigenvalue weighted by atomic mass is 32.2. The first kappa shape index (κ1) is 22.4. The molecule has 0 aliphatic heterocycles. The van der Waals surface area contributed by atoms with Crippen LogP contribution in [0.5, 0.6) is 0 Å². The molecule has 3 rings (SSSR count). The van der Waals surface area contributed by atoms with Crippen LogP contribution in [0, 0.1) is 0 Å². The molecule has 0 unspecified atom stereocenters. The minimum Gasteiger partial charge on any atom is -0.465 e. The Hall–Kier alpha value is -3.24. The first-order chi connectivity index (χ1) is 15.0. The molecule has 0 aliphatic carbocycles. The van der Waals surface area contributed by atoms with E-state index in [0.29, 0.717) is 16.5 Å². The van der Waals surface area contributed by atoms with Gasteiger partial charge in [-0.15, -0.1) is 10.2 Å². The first-order valence-electron chi connectivity index (χ1n) is 9.40. The van der Waals surface area contributed by atoms with E-state index < -0.39 is 5.91 Å². The summed E-state index contributed by atoms with van der Waals surface area (Å²) in [4.78, 5) is 35.7. The Kier molecular flexibility index (Phi) is 8.13. The fourth-order valence-electron chi connectivity index (χ4n) is 2.51. The molecule has 31 heavy (non-hydrogen) atoms. The number of anilines is 1. The van der Waals surface area contributed by atoms with Crippen molar-refractivity contribution in [1.29, 1.82) is 0 Å². The van der Waals surface area contributed by atoms with E-state index in [1.165, 1.54) is 11.8 Å². The molecule has 2 aromatic carbocycles. The number of nitrogens with zero attached hydrogens (tertiary/aromatic N) is 2. The van der Waals surface area contributed by atoms with Gasteiger partial charge in [-0.25, -0.2) is 0 Å². The molecule has 2 amide bonds. The number of carbonyl (C=O) groups excluding carboxylic acids is 3. The largest absolute Gasteiger partial charge is 0.465 e. The molecule has 1 aromatic heterocycles. The number of aromatic nitrogens is 2. The van der Waals surface area contributed by atoms with Gasteiger partial charge in [0.2, 0.25) is 11.0 Å². The van der Waals surface area contributed by atoms with Gasteiger partial charge in [0.05, 0.1) is 18.9 Å². The van der Waals surface area contributed by atoms with Crippen LogP contribution in [0.2, 0.25) is 0 Å². The number of nitrogens with one attached hydrogen (secondary N) is 2. The lowest BCUT2D eigenvalue weighted by atomic mass is 10.0. The van der Waals surface area contributed by atoms with Gasteiger partial charge >= 0.3 is 5.97 Å². The summed E-state index contributed by atoms with van der Waals surface area (Å²) in [6, 6.07) is 17.0. The van der Waals surface area contributed by atoms with Gasteiger partial charge in [-0.05, 0) is 30.2 Å². The van der Waals surface area contributed by atoms with Crippen molar-refractivity contribution in [1.82, 2.24) is 15.5 Å². The third-order valence-electron chi connectivity index (χ3n) is 3.94. The molecule has 0 spiro atoms. The maximum atomic E-state index is 12.3. The maximum absolute atomic E-state index is 12.3. The summed E-state index contributed by atoms with van der Waals surface area (Å²) in [7, 11) is 0. The molecule has 3 aromatic rings. The predicted octanol–water partition coefficient (Wildman–Crippen LogP) is 3.23. The van der Waals surface area contributed by atoms with Crippen LogP contribution in [-0.4, -0.2) is 46.9 Å². The molecule has 8 nitrogen and oxygen atoms in total. The molecular formula is C21H20N4O4S2. The lowest BCUT2D eigenvalue weighted by Gasteiger charge is -2.06. The summed E-state index contributed by atoms with van der Waals surface area (Å²) in [5, 5.41) is 13.2. The van der Waals surface area contributed by atoms with Crippen LogP contribution in [0.15, 0.2) is 58.9 Å². The van der Waals surface area contributed by atoms with Gasteiger partial charge in [-0.1, -0.05) is 65.6 Å². The number of amides is 2. The fourth-order valence-corrected chi connectivity index (χ4v) is 4.08. The van der Waals surface area contributed by atoms with Crippen molar-refractivity contribution in [3.05, 3.63) is 60.2 Å². The monoisotopic (exact) mass is 456 g/mol. The number of esters is 1. The third kappa shape index (κ3) is 6.90. The van der Waals surface area contributed by atoms with E-state index >= 15 is 0 Å². The van der Waals surface area contributed by atoms with Gasteiger partial charge in [0.15, 0.2) is 4.34 Å². The number of carbonyl (C=O) groups is 3. The van der Waals surface area contributed by atoms with Crippen LogP contribution in [0.3, 0.4) is 0 Å². The quantitative estimate of drug-likeness (QED) is 0.289. The highest BCUT2D eigenvalue weighted by Crippen LogP contribution is 2.25. The summed E-state index contributed by atoms with van der Waals surface area (Å²) in [5.41, 5.74) is 2.52. The normalized spacial score (nSPS) is 10.4. The molecule has 0 radical (unpaired) electrons.